The van der Waals surface area contributed by atoms with Gasteiger partial charge in [-0.3, -0.25) is 19.7 Å². The van der Waals surface area contributed by atoms with E-state index in [9.17, 15) is 29.6 Å². The van der Waals surface area contributed by atoms with Gasteiger partial charge in [-0.25, -0.2) is 4.79 Å². The molecule has 14 heteroatoms. The smallest absolute Gasteiger partial charge is 0.481 e. The van der Waals surface area contributed by atoms with Crippen molar-refractivity contribution in [1.82, 2.24) is 5.06 Å². The van der Waals surface area contributed by atoms with Crippen LogP contribution in [0.1, 0.15) is 98.3 Å². The number of allylic oxidation sites excluding steroid dienone is 3. The summed E-state index contributed by atoms with van der Waals surface area (Å²) in [6.45, 7) is 8.51. The van der Waals surface area contributed by atoms with Crippen molar-refractivity contribution < 1.29 is 39.1 Å². The number of aliphatic carboxylic acids is 1. The zero-order valence-corrected chi connectivity index (χ0v) is 32.4. The minimum atomic E-state index is -0.989. The molecule has 1 fully saturated rings. The van der Waals surface area contributed by atoms with Gasteiger partial charge in [0, 0.05) is 42.7 Å². The van der Waals surface area contributed by atoms with E-state index in [4.69, 9.17) is 26.9 Å². The lowest BCUT2D eigenvalue weighted by Gasteiger charge is -2.15. The first kappa shape index (κ1) is 46.7. The Morgan fingerprint density at radius 3 is 2.40 bits per heavy atom. The molecule has 2 unspecified atom stereocenters. The molecule has 3 rings (SSSR count). The second-order valence-electron chi connectivity index (χ2n) is 11.1. The van der Waals surface area contributed by atoms with E-state index in [0.29, 0.717) is 30.4 Å². The van der Waals surface area contributed by atoms with Crippen molar-refractivity contribution in [3.63, 3.8) is 0 Å². The number of nitro groups is 1. The lowest BCUT2D eigenvalue weighted by Crippen LogP contribution is -2.26. The number of hydroxylamine groups is 2. The zero-order chi connectivity index (χ0) is 37.7. The Labute approximate surface area is 309 Å². The van der Waals surface area contributed by atoms with Gasteiger partial charge in [-0.05, 0) is 80.8 Å². The Hall–Kier alpha value is -3.30. The maximum Gasteiger partial charge on any atom is 0.533 e. The van der Waals surface area contributed by atoms with Crippen LogP contribution in [0.2, 0.25) is 0 Å². The van der Waals surface area contributed by atoms with E-state index in [1.165, 1.54) is 5.06 Å². The number of ether oxygens (including phenoxy) is 1. The van der Waals surface area contributed by atoms with E-state index in [0.717, 1.165) is 65.6 Å². The summed E-state index contributed by atoms with van der Waals surface area (Å²) in [5, 5.41) is 28.7. The lowest BCUT2D eigenvalue weighted by molar-refractivity contribution is -0.480. The minimum absolute atomic E-state index is 0.113. The number of hydrogen-bond acceptors (Lipinski definition) is 12. The molecule has 2 aromatic rings. The average Bonchev–Trinajstić information content (AvgIpc) is 3.71. The van der Waals surface area contributed by atoms with E-state index >= 15 is 0 Å². The summed E-state index contributed by atoms with van der Waals surface area (Å²) in [5.41, 5.74) is 1.05. The number of unbranched alkanes of at least 4 members (excludes halogenated alkanes) is 2. The Morgan fingerprint density at radius 1 is 1.16 bits per heavy atom. The number of aliphatic hydroxyl groups is 1. The third-order valence-electron chi connectivity index (χ3n) is 6.83. The highest BCUT2D eigenvalue weighted by atomic mass is 32.9. The standard InChI is InChI=1S/C17H19NO3S3.C13H22O2.C4H7NO4.C2H6/c1-3-4-5-6-11-18(2)21-17(19)20-14-9-7-13(8-10-14)15-12-16(22)24-23-15;1-2-3-6-12(14)7-4-5-11-8-9-13(15)10-11;6-4(7)2-1-3-5(8)9;1-2/h3-4,7-10,12H,5-6,11H2,1-2H3;4-5,11-12,14H,2-3,6-10H2,1H3;1-3H2,(H,6,7);1-2H3/b4-3-;5-4+;;. The number of aliphatic hydroxyl groups excluding tert-OH is 1. The predicted octanol–water partition coefficient (Wildman–Crippen LogP) is 9.93. The number of carboxylic acids is 1. The van der Waals surface area contributed by atoms with Crippen LogP contribution in [0.4, 0.5) is 4.79 Å². The number of hydrogen-bond donors (Lipinski definition) is 2. The van der Waals surface area contributed by atoms with E-state index in [1.54, 1.807) is 39.9 Å². The van der Waals surface area contributed by atoms with E-state index in [1.807, 2.05) is 51.1 Å². The summed E-state index contributed by atoms with van der Waals surface area (Å²) in [6, 6.07) is 9.26. The first-order valence-corrected chi connectivity index (χ1v) is 19.6. The quantitative estimate of drug-likeness (QED) is 0.0232. The molecule has 0 saturated heterocycles. The summed E-state index contributed by atoms with van der Waals surface area (Å²) in [7, 11) is 4.92. The molecule has 0 aliphatic heterocycles. The fraction of sp³-hybridized carbons (Fsp3) is 0.556. The van der Waals surface area contributed by atoms with E-state index in [2.05, 4.69) is 19.1 Å². The summed E-state index contributed by atoms with van der Waals surface area (Å²) < 4.78 is 6.05. The van der Waals surface area contributed by atoms with Crippen LogP contribution in [0, 0.1) is 19.9 Å². The van der Waals surface area contributed by atoms with Crippen molar-refractivity contribution in [1.29, 1.82) is 0 Å². The Bertz CT molecular complexity index is 1340. The number of carbonyl (C=O) groups excluding carboxylic acids is 2. The topological polar surface area (TPSA) is 157 Å². The van der Waals surface area contributed by atoms with Gasteiger partial charge in [0.2, 0.25) is 6.54 Å². The first-order chi connectivity index (χ1) is 23.9. The zero-order valence-electron chi connectivity index (χ0n) is 29.9. The van der Waals surface area contributed by atoms with Crippen molar-refractivity contribution in [2.75, 3.05) is 20.1 Å². The molecule has 0 spiro atoms. The molecule has 280 valence electrons. The van der Waals surface area contributed by atoms with Crippen LogP contribution in [0.5, 0.6) is 5.75 Å². The summed E-state index contributed by atoms with van der Waals surface area (Å²) >= 11 is 5.14. The van der Waals surface area contributed by atoms with Crippen LogP contribution in [0.3, 0.4) is 0 Å². The van der Waals surface area contributed by atoms with Crippen LogP contribution in [-0.4, -0.2) is 64.3 Å². The highest BCUT2D eigenvalue weighted by Crippen LogP contribution is 2.30. The van der Waals surface area contributed by atoms with Gasteiger partial charge in [0.15, 0.2) is 0 Å². The van der Waals surface area contributed by atoms with Crippen molar-refractivity contribution in [3.05, 3.63) is 68.6 Å². The van der Waals surface area contributed by atoms with Gasteiger partial charge in [0.25, 0.3) is 0 Å². The molecule has 2 atom stereocenters. The normalized spacial score (nSPS) is 14.2. The monoisotopic (exact) mass is 754 g/mol. The van der Waals surface area contributed by atoms with Gasteiger partial charge < -0.3 is 19.8 Å². The van der Waals surface area contributed by atoms with Gasteiger partial charge in [-0.2, -0.15) is 0 Å². The minimum Gasteiger partial charge on any atom is -0.481 e. The van der Waals surface area contributed by atoms with Crippen LogP contribution >= 0.6 is 32.9 Å². The fourth-order valence-electron chi connectivity index (χ4n) is 4.30. The number of nitrogens with zero attached hydrogens (tertiary/aromatic N) is 2. The largest absolute Gasteiger partial charge is 0.533 e. The highest BCUT2D eigenvalue weighted by Gasteiger charge is 2.19. The van der Waals surface area contributed by atoms with Crippen LogP contribution in [0.15, 0.2) is 54.6 Å². The fourth-order valence-corrected chi connectivity index (χ4v) is 6.70. The van der Waals surface area contributed by atoms with Crippen molar-refractivity contribution in [2.45, 2.75) is 104 Å². The number of ketones is 1. The van der Waals surface area contributed by atoms with E-state index in [-0.39, 0.29) is 25.5 Å². The molecule has 50 heavy (non-hydrogen) atoms. The molecule has 0 bridgehead atoms. The number of carbonyl (C=O) groups is 3. The summed E-state index contributed by atoms with van der Waals surface area (Å²) in [6.07, 6.45) is 15.5. The first-order valence-electron chi connectivity index (χ1n) is 17.1. The van der Waals surface area contributed by atoms with Crippen molar-refractivity contribution in [3.8, 4) is 16.2 Å². The molecular formula is C36H54N2O9S3. The molecule has 1 saturated carbocycles. The Morgan fingerprint density at radius 2 is 1.86 bits per heavy atom. The molecule has 0 radical (unpaired) electrons. The number of Topliss-reactive ketones (excluding diaryl/α,β-unsaturated/α-hetero) is 1. The molecule has 1 aliphatic rings. The van der Waals surface area contributed by atoms with Crippen LogP contribution in [0.25, 0.3) is 10.4 Å². The Kier molecular flexibility index (Phi) is 27.5. The summed E-state index contributed by atoms with van der Waals surface area (Å²) in [4.78, 5) is 47.8. The van der Waals surface area contributed by atoms with Gasteiger partial charge >= 0.3 is 12.1 Å². The third-order valence-corrected chi connectivity index (χ3v) is 9.75. The van der Waals surface area contributed by atoms with Gasteiger partial charge in [0.1, 0.15) is 15.4 Å². The van der Waals surface area contributed by atoms with E-state index < -0.39 is 17.0 Å². The third kappa shape index (κ3) is 24.8. The molecule has 2 N–H and O–H groups in total. The second-order valence-corrected chi connectivity index (χ2v) is 14.0. The summed E-state index contributed by atoms with van der Waals surface area (Å²) in [5.74, 6) is 0.286. The van der Waals surface area contributed by atoms with Gasteiger partial charge in [0.05, 0.1) is 12.5 Å². The number of carboxylic acid groups (broad SMARTS) is 1. The molecule has 0 amide bonds. The maximum atomic E-state index is 11.8. The van der Waals surface area contributed by atoms with Crippen LogP contribution in [-0.2, 0) is 14.4 Å². The maximum absolute atomic E-state index is 11.8. The predicted molar refractivity (Wildman–Crippen MR) is 204 cm³/mol. The van der Waals surface area contributed by atoms with Gasteiger partial charge in [-0.15, -0.1) is 5.06 Å². The molecule has 11 nitrogen and oxygen atoms in total. The molecular weight excluding hydrogens is 701 g/mol. The molecule has 1 aromatic carbocycles. The highest BCUT2D eigenvalue weighted by molar-refractivity contribution is 7.80. The Balaban J connectivity index is 0.000000787. The van der Waals surface area contributed by atoms with Crippen LogP contribution < -0.4 is 4.74 Å². The van der Waals surface area contributed by atoms with Gasteiger partial charge in [-0.1, -0.05) is 90.8 Å². The second kappa shape index (κ2) is 29.4. The number of benzene rings is 1. The average molecular weight is 755 g/mol. The molecule has 1 aliphatic carbocycles. The molecule has 1 aromatic heterocycles. The SMILES string of the molecule is C/C=C\CCCN(C)OC(=O)Oc1ccc(-c2cc(=S)ss2)cc1.CC.CCCCC(O)C/C=C/C1CCC(=O)C1.O=C(O)CCC[N+](=O)[O-]. The lowest BCUT2D eigenvalue weighted by atomic mass is 10.1. The number of rotatable bonds is 17. The van der Waals surface area contributed by atoms with Crippen molar-refractivity contribution >= 4 is 50.8 Å². The molecule has 1 heterocycles. The van der Waals surface area contributed by atoms with Crippen molar-refractivity contribution in [2.24, 2.45) is 5.92 Å².